The Balaban J connectivity index is 2.95. The van der Waals surface area contributed by atoms with Crippen molar-refractivity contribution in [3.8, 4) is 6.07 Å². The fourth-order valence-electron chi connectivity index (χ4n) is 1.36. The minimum Gasteiger partial charge on any atom is -0.192 e. The van der Waals surface area contributed by atoms with E-state index in [1.807, 2.05) is 36.4 Å². The van der Waals surface area contributed by atoms with E-state index < -0.39 is 0 Å². The molecule has 0 aromatic heterocycles. The minimum atomic E-state index is 0.746. The average Bonchev–Trinajstić information content (AvgIpc) is 2.19. The molecule has 0 aliphatic heterocycles. The molecule has 0 amide bonds. The van der Waals surface area contributed by atoms with Crippen molar-refractivity contribution < 1.29 is 0 Å². The fraction of sp³-hybridized carbons (Fsp3) is 0. The van der Waals surface area contributed by atoms with E-state index in [0.29, 0.717) is 0 Å². The monoisotopic (exact) mass is 279 g/mol. The van der Waals surface area contributed by atoms with E-state index in [2.05, 4.69) is 28.7 Å². The number of benzene rings is 2. The van der Waals surface area contributed by atoms with Crippen LogP contribution in [0.2, 0.25) is 0 Å². The molecular formula is C11H6IN. The molecular weight excluding hydrogens is 273 g/mol. The van der Waals surface area contributed by atoms with Gasteiger partial charge in [-0.25, -0.2) is 0 Å². The third-order valence-corrected chi connectivity index (χ3v) is 2.93. The molecule has 0 spiro atoms. The van der Waals surface area contributed by atoms with Crippen LogP contribution in [0.1, 0.15) is 5.56 Å². The Hall–Kier alpha value is -1.08. The fourth-order valence-corrected chi connectivity index (χ4v) is 2.01. The lowest BCUT2D eigenvalue weighted by Crippen LogP contribution is -1.81. The normalized spacial score (nSPS) is 9.85. The lowest BCUT2D eigenvalue weighted by Gasteiger charge is -2.01. The van der Waals surface area contributed by atoms with Gasteiger partial charge in [0.05, 0.1) is 11.6 Å². The van der Waals surface area contributed by atoms with Crippen molar-refractivity contribution in [2.45, 2.75) is 0 Å². The van der Waals surface area contributed by atoms with E-state index in [-0.39, 0.29) is 0 Å². The maximum Gasteiger partial charge on any atom is 0.0998 e. The van der Waals surface area contributed by atoms with Crippen LogP contribution in [0, 0.1) is 14.9 Å². The first-order valence-electron chi connectivity index (χ1n) is 3.90. The second kappa shape index (κ2) is 3.35. The highest BCUT2D eigenvalue weighted by Crippen LogP contribution is 2.23. The highest BCUT2D eigenvalue weighted by Gasteiger charge is 2.01. The molecule has 0 saturated heterocycles. The second-order valence-corrected chi connectivity index (χ2v) is 3.91. The topological polar surface area (TPSA) is 23.8 Å². The van der Waals surface area contributed by atoms with Crippen LogP contribution in [0.15, 0.2) is 36.4 Å². The van der Waals surface area contributed by atoms with Crippen LogP contribution in [0.3, 0.4) is 0 Å². The first kappa shape index (κ1) is 8.52. The third kappa shape index (κ3) is 1.40. The number of fused-ring (bicyclic) bond motifs is 1. The van der Waals surface area contributed by atoms with Crippen molar-refractivity contribution in [1.29, 1.82) is 5.26 Å². The average molecular weight is 279 g/mol. The van der Waals surface area contributed by atoms with Crippen molar-refractivity contribution in [2.24, 2.45) is 0 Å². The maximum absolute atomic E-state index is 8.87. The molecule has 0 radical (unpaired) electrons. The van der Waals surface area contributed by atoms with E-state index in [4.69, 9.17) is 5.26 Å². The van der Waals surface area contributed by atoms with Gasteiger partial charge in [0.15, 0.2) is 0 Å². The summed E-state index contributed by atoms with van der Waals surface area (Å²) in [5, 5.41) is 11.1. The van der Waals surface area contributed by atoms with E-state index in [9.17, 15) is 0 Å². The summed E-state index contributed by atoms with van der Waals surface area (Å²) in [6.07, 6.45) is 0. The zero-order valence-electron chi connectivity index (χ0n) is 6.79. The van der Waals surface area contributed by atoms with Crippen LogP contribution in [-0.2, 0) is 0 Å². The number of rotatable bonds is 0. The second-order valence-electron chi connectivity index (χ2n) is 2.75. The molecule has 13 heavy (non-hydrogen) atoms. The summed E-state index contributed by atoms with van der Waals surface area (Å²) >= 11 is 2.28. The van der Waals surface area contributed by atoms with Gasteiger partial charge in [0, 0.05) is 8.96 Å². The predicted molar refractivity (Wildman–Crippen MR) is 61.4 cm³/mol. The van der Waals surface area contributed by atoms with Gasteiger partial charge in [0.2, 0.25) is 0 Å². The Labute approximate surface area is 90.1 Å². The molecule has 62 valence electrons. The van der Waals surface area contributed by atoms with Gasteiger partial charge in [-0.05, 0) is 40.1 Å². The highest BCUT2D eigenvalue weighted by atomic mass is 127. The molecule has 0 saturated carbocycles. The quantitative estimate of drug-likeness (QED) is 0.679. The highest BCUT2D eigenvalue weighted by molar-refractivity contribution is 14.1. The molecule has 1 nitrogen and oxygen atoms in total. The lowest BCUT2D eigenvalue weighted by molar-refractivity contribution is 1.50. The lowest BCUT2D eigenvalue weighted by atomic mass is 10.1. The Kier molecular flexibility index (Phi) is 2.19. The Morgan fingerprint density at radius 3 is 2.38 bits per heavy atom. The van der Waals surface area contributed by atoms with Crippen molar-refractivity contribution in [3.05, 3.63) is 45.5 Å². The zero-order chi connectivity index (χ0) is 9.26. The summed E-state index contributed by atoms with van der Waals surface area (Å²) in [6, 6.07) is 14.0. The largest absolute Gasteiger partial charge is 0.192 e. The molecule has 0 aliphatic rings. The molecule has 2 rings (SSSR count). The molecule has 2 aromatic rings. The summed E-state index contributed by atoms with van der Waals surface area (Å²) in [5.41, 5.74) is 0.746. The number of halogens is 1. The molecule has 0 bridgehead atoms. The first-order chi connectivity index (χ1) is 6.33. The van der Waals surface area contributed by atoms with E-state index in [1.165, 1.54) is 3.57 Å². The molecule has 2 heteroatoms. The van der Waals surface area contributed by atoms with Gasteiger partial charge in [-0.3, -0.25) is 0 Å². The van der Waals surface area contributed by atoms with Crippen LogP contribution < -0.4 is 0 Å². The van der Waals surface area contributed by atoms with Crippen LogP contribution >= 0.6 is 22.6 Å². The van der Waals surface area contributed by atoms with Crippen molar-refractivity contribution in [1.82, 2.24) is 0 Å². The van der Waals surface area contributed by atoms with Gasteiger partial charge in [-0.2, -0.15) is 5.26 Å². The van der Waals surface area contributed by atoms with Crippen molar-refractivity contribution in [3.63, 3.8) is 0 Å². The molecule has 0 fully saturated rings. The smallest absolute Gasteiger partial charge is 0.0998 e. The van der Waals surface area contributed by atoms with Gasteiger partial charge in [0.1, 0.15) is 0 Å². The summed E-state index contributed by atoms with van der Waals surface area (Å²) in [6.45, 7) is 0. The number of nitriles is 1. The molecule has 0 heterocycles. The van der Waals surface area contributed by atoms with Gasteiger partial charge >= 0.3 is 0 Å². The summed E-state index contributed by atoms with van der Waals surface area (Å²) in [4.78, 5) is 0. The van der Waals surface area contributed by atoms with Crippen LogP contribution in [0.5, 0.6) is 0 Å². The van der Waals surface area contributed by atoms with Crippen LogP contribution in [0.4, 0.5) is 0 Å². The number of nitrogens with zero attached hydrogens (tertiary/aromatic N) is 1. The Morgan fingerprint density at radius 2 is 1.69 bits per heavy atom. The summed E-state index contributed by atoms with van der Waals surface area (Å²) in [5.74, 6) is 0. The molecule has 0 aliphatic carbocycles. The summed E-state index contributed by atoms with van der Waals surface area (Å²) in [7, 11) is 0. The van der Waals surface area contributed by atoms with Gasteiger partial charge in [0.25, 0.3) is 0 Å². The predicted octanol–water partition coefficient (Wildman–Crippen LogP) is 3.32. The molecule has 0 unspecified atom stereocenters. The number of hydrogen-bond acceptors (Lipinski definition) is 1. The Morgan fingerprint density at radius 1 is 1.00 bits per heavy atom. The van der Waals surface area contributed by atoms with Gasteiger partial charge in [-0.15, -0.1) is 0 Å². The van der Waals surface area contributed by atoms with E-state index >= 15 is 0 Å². The Bertz CT molecular complexity index is 497. The SMILES string of the molecule is N#Cc1ccc(I)c2ccccc12. The van der Waals surface area contributed by atoms with Crippen LogP contribution in [-0.4, -0.2) is 0 Å². The standard InChI is InChI=1S/C11H6IN/c12-11-6-5-8(7-13)9-3-1-2-4-10(9)11/h1-6H. The summed E-state index contributed by atoms with van der Waals surface area (Å²) < 4.78 is 1.19. The molecule has 0 atom stereocenters. The van der Waals surface area contributed by atoms with E-state index in [0.717, 1.165) is 16.3 Å². The third-order valence-electron chi connectivity index (χ3n) is 1.99. The van der Waals surface area contributed by atoms with Gasteiger partial charge in [-0.1, -0.05) is 24.3 Å². The maximum atomic E-state index is 8.87. The van der Waals surface area contributed by atoms with Crippen molar-refractivity contribution >= 4 is 33.4 Å². The molecule has 0 N–H and O–H groups in total. The van der Waals surface area contributed by atoms with E-state index in [1.54, 1.807) is 0 Å². The van der Waals surface area contributed by atoms with Crippen molar-refractivity contribution in [2.75, 3.05) is 0 Å². The minimum absolute atomic E-state index is 0.746. The first-order valence-corrected chi connectivity index (χ1v) is 4.98. The van der Waals surface area contributed by atoms with Gasteiger partial charge < -0.3 is 0 Å². The zero-order valence-corrected chi connectivity index (χ0v) is 8.95. The van der Waals surface area contributed by atoms with Crippen LogP contribution in [0.25, 0.3) is 10.8 Å². The molecule has 2 aromatic carbocycles. The number of hydrogen-bond donors (Lipinski definition) is 0.